The highest BCUT2D eigenvalue weighted by atomic mass is 79.9. The number of halogens is 1. The zero-order valence-electron chi connectivity index (χ0n) is 10.5. The lowest BCUT2D eigenvalue weighted by Gasteiger charge is -2.08. The van der Waals surface area contributed by atoms with E-state index in [1.54, 1.807) is 6.07 Å². The van der Waals surface area contributed by atoms with Crippen molar-refractivity contribution in [3.63, 3.8) is 0 Å². The number of fused-ring (bicyclic) bond motifs is 1. The quantitative estimate of drug-likeness (QED) is 0.842. The molecule has 4 nitrogen and oxygen atoms in total. The second-order valence-corrected chi connectivity index (χ2v) is 5.18. The number of methoxy groups -OCH3 is 1. The molecule has 0 bridgehead atoms. The summed E-state index contributed by atoms with van der Waals surface area (Å²) in [5.74, 6) is -0.185. The lowest BCUT2D eigenvalue weighted by molar-refractivity contribution is 0.0892. The number of Topliss-reactive ketones (excluding diaryl/α,β-unsaturated/α-hetero) is 1. The van der Waals surface area contributed by atoms with Crippen LogP contribution in [0.3, 0.4) is 0 Å². The molecule has 1 aromatic carbocycles. The minimum Gasteiger partial charge on any atom is -0.492 e. The summed E-state index contributed by atoms with van der Waals surface area (Å²) < 4.78 is 11.4. The van der Waals surface area contributed by atoms with E-state index in [4.69, 9.17) is 9.15 Å². The summed E-state index contributed by atoms with van der Waals surface area (Å²) in [6.07, 6.45) is 1.19. The average Bonchev–Trinajstić information content (AvgIpc) is 2.89. The molecule has 0 unspecified atom stereocenters. The highest BCUT2D eigenvalue weighted by Gasteiger charge is 2.31. The van der Waals surface area contributed by atoms with Crippen LogP contribution < -0.4 is 0 Å². The number of ketones is 2. The Bertz CT molecular complexity index is 738. The number of ether oxygens (including phenoxy) is 1. The Hall–Kier alpha value is -2.14. The Morgan fingerprint density at radius 2 is 1.85 bits per heavy atom. The molecule has 1 aromatic heterocycles. The molecule has 0 amide bonds. The van der Waals surface area contributed by atoms with Crippen molar-refractivity contribution < 1.29 is 18.7 Å². The van der Waals surface area contributed by atoms with Gasteiger partial charge in [-0.2, -0.15) is 0 Å². The van der Waals surface area contributed by atoms with Gasteiger partial charge in [0.05, 0.1) is 12.7 Å². The van der Waals surface area contributed by atoms with Crippen LogP contribution in [0, 0.1) is 0 Å². The van der Waals surface area contributed by atoms with Gasteiger partial charge in [-0.1, -0.05) is 28.1 Å². The predicted molar refractivity (Wildman–Crippen MR) is 75.6 cm³/mol. The number of hydrogen-bond donors (Lipinski definition) is 0. The van der Waals surface area contributed by atoms with Crippen molar-refractivity contribution in [2.45, 2.75) is 0 Å². The minimum absolute atomic E-state index is 0.000735. The first-order valence-corrected chi connectivity index (χ1v) is 6.64. The molecule has 1 aliphatic carbocycles. The molecule has 1 heterocycles. The molecule has 0 atom stereocenters. The van der Waals surface area contributed by atoms with E-state index in [0.717, 1.165) is 10.0 Å². The van der Waals surface area contributed by atoms with Gasteiger partial charge in [-0.3, -0.25) is 9.59 Å². The van der Waals surface area contributed by atoms with E-state index in [1.165, 1.54) is 13.2 Å². The van der Waals surface area contributed by atoms with Crippen molar-refractivity contribution in [1.29, 1.82) is 0 Å². The highest BCUT2D eigenvalue weighted by Crippen LogP contribution is 2.31. The van der Waals surface area contributed by atoms with E-state index in [2.05, 4.69) is 15.9 Å². The van der Waals surface area contributed by atoms with Gasteiger partial charge in [0.15, 0.2) is 17.3 Å². The van der Waals surface area contributed by atoms with E-state index in [1.807, 2.05) is 24.3 Å². The number of carbonyl (C=O) groups excluding carboxylic acids is 2. The van der Waals surface area contributed by atoms with Gasteiger partial charge in [0.1, 0.15) is 5.76 Å². The third-order valence-electron chi connectivity index (χ3n) is 3.04. The third kappa shape index (κ3) is 2.00. The van der Waals surface area contributed by atoms with Crippen molar-refractivity contribution in [2.24, 2.45) is 0 Å². The number of rotatable bonds is 2. The summed E-state index contributed by atoms with van der Waals surface area (Å²) in [5, 5.41) is 0. The van der Waals surface area contributed by atoms with Gasteiger partial charge in [-0.15, -0.1) is 0 Å². The fourth-order valence-corrected chi connectivity index (χ4v) is 2.29. The summed E-state index contributed by atoms with van der Waals surface area (Å²) >= 11 is 3.35. The predicted octanol–water partition coefficient (Wildman–Crippen LogP) is 3.62. The maximum absolute atomic E-state index is 12.0. The van der Waals surface area contributed by atoms with E-state index in [9.17, 15) is 9.59 Å². The van der Waals surface area contributed by atoms with Gasteiger partial charge < -0.3 is 9.15 Å². The van der Waals surface area contributed by atoms with Crippen LogP contribution in [-0.4, -0.2) is 18.7 Å². The Balaban J connectivity index is 2.08. The molecule has 2 aromatic rings. The maximum atomic E-state index is 12.0. The van der Waals surface area contributed by atoms with E-state index >= 15 is 0 Å². The van der Waals surface area contributed by atoms with Gasteiger partial charge in [0, 0.05) is 16.1 Å². The lowest BCUT2D eigenvalue weighted by Crippen LogP contribution is -2.15. The fraction of sp³-hybridized carbons (Fsp3) is 0.0667. The first kappa shape index (κ1) is 12.9. The molecule has 0 fully saturated rings. The smallest absolute Gasteiger partial charge is 0.263 e. The number of hydrogen-bond acceptors (Lipinski definition) is 4. The second kappa shape index (κ2) is 4.76. The molecule has 0 saturated heterocycles. The number of allylic oxidation sites excluding steroid dienone is 2. The van der Waals surface area contributed by atoms with Crippen LogP contribution in [0.25, 0.3) is 11.3 Å². The summed E-state index contributed by atoms with van der Waals surface area (Å²) in [6.45, 7) is 0. The Morgan fingerprint density at radius 1 is 1.15 bits per heavy atom. The third-order valence-corrected chi connectivity index (χ3v) is 3.57. The topological polar surface area (TPSA) is 56.5 Å². The summed E-state index contributed by atoms with van der Waals surface area (Å²) in [5.41, 5.74) is 1.07. The first-order valence-electron chi connectivity index (χ1n) is 5.84. The van der Waals surface area contributed by atoms with Crippen molar-refractivity contribution in [2.75, 3.05) is 7.11 Å². The molecular weight excluding hydrogens is 324 g/mol. The van der Waals surface area contributed by atoms with Crippen molar-refractivity contribution >= 4 is 27.5 Å². The first-order chi connectivity index (χ1) is 9.60. The largest absolute Gasteiger partial charge is 0.492 e. The van der Waals surface area contributed by atoms with E-state index in [-0.39, 0.29) is 22.9 Å². The van der Waals surface area contributed by atoms with Crippen LogP contribution in [0.15, 0.2) is 51.1 Å². The van der Waals surface area contributed by atoms with E-state index < -0.39 is 5.78 Å². The van der Waals surface area contributed by atoms with Gasteiger partial charge in [0.25, 0.3) is 5.78 Å². The van der Waals surface area contributed by atoms with Crippen LogP contribution >= 0.6 is 15.9 Å². The number of carbonyl (C=O) groups is 2. The molecule has 0 spiro atoms. The second-order valence-electron chi connectivity index (χ2n) is 4.27. The van der Waals surface area contributed by atoms with Gasteiger partial charge in [0.2, 0.25) is 0 Å². The molecular formula is C15H9BrO4. The fourth-order valence-electron chi connectivity index (χ4n) is 2.03. The van der Waals surface area contributed by atoms with Crippen LogP contribution in [-0.2, 0) is 4.74 Å². The molecule has 1 aliphatic rings. The molecule has 5 heteroatoms. The Kier molecular flexibility index (Phi) is 3.06. The number of furan rings is 1. The zero-order chi connectivity index (χ0) is 14.3. The molecule has 100 valence electrons. The summed E-state index contributed by atoms with van der Waals surface area (Å²) in [4.78, 5) is 24.0. The molecule has 3 rings (SSSR count). The lowest BCUT2D eigenvalue weighted by atomic mass is 10.0. The minimum atomic E-state index is -0.412. The standard InChI is InChI=1S/C15H9BrO4/c1-19-13-7-11(17)10-6-12(20-15(10)14(13)18)8-2-4-9(16)5-3-8/h2-7H,1H3. The van der Waals surface area contributed by atoms with Gasteiger partial charge in [-0.05, 0) is 18.2 Å². The van der Waals surface area contributed by atoms with Crippen molar-refractivity contribution in [1.82, 2.24) is 0 Å². The summed E-state index contributed by atoms with van der Waals surface area (Å²) in [6, 6.07) is 8.99. The van der Waals surface area contributed by atoms with Crippen LogP contribution in [0.5, 0.6) is 0 Å². The SMILES string of the molecule is COC1=CC(=O)c2cc(-c3ccc(Br)cc3)oc2C1=O. The Morgan fingerprint density at radius 3 is 2.50 bits per heavy atom. The molecule has 0 aliphatic heterocycles. The molecule has 0 radical (unpaired) electrons. The summed E-state index contributed by atoms with van der Waals surface area (Å²) in [7, 11) is 1.35. The zero-order valence-corrected chi connectivity index (χ0v) is 12.1. The van der Waals surface area contributed by atoms with E-state index in [0.29, 0.717) is 5.76 Å². The Labute approximate surface area is 123 Å². The van der Waals surface area contributed by atoms with Crippen LogP contribution in [0.1, 0.15) is 20.9 Å². The monoisotopic (exact) mass is 332 g/mol. The molecule has 0 saturated carbocycles. The molecule has 0 N–H and O–H groups in total. The van der Waals surface area contributed by atoms with Crippen molar-refractivity contribution in [3.05, 3.63) is 58.0 Å². The average molecular weight is 333 g/mol. The van der Waals surface area contributed by atoms with Gasteiger partial charge >= 0.3 is 0 Å². The normalized spacial score (nSPS) is 14.0. The van der Waals surface area contributed by atoms with Crippen molar-refractivity contribution in [3.8, 4) is 11.3 Å². The van der Waals surface area contributed by atoms with Crippen LogP contribution in [0.4, 0.5) is 0 Å². The number of benzene rings is 1. The molecule has 20 heavy (non-hydrogen) atoms. The highest BCUT2D eigenvalue weighted by molar-refractivity contribution is 9.10. The van der Waals surface area contributed by atoms with Crippen LogP contribution in [0.2, 0.25) is 0 Å². The maximum Gasteiger partial charge on any atom is 0.263 e. The van der Waals surface area contributed by atoms with Gasteiger partial charge in [-0.25, -0.2) is 0 Å².